The number of rotatable bonds is 8. The molecule has 0 unspecified atom stereocenters. The van der Waals surface area contributed by atoms with Crippen molar-refractivity contribution in [3.63, 3.8) is 0 Å². The fourth-order valence-corrected chi connectivity index (χ4v) is 6.14. The van der Waals surface area contributed by atoms with Gasteiger partial charge in [-0.3, -0.25) is 9.69 Å². The Kier molecular flexibility index (Phi) is 9.05. The van der Waals surface area contributed by atoms with Gasteiger partial charge in [-0.2, -0.15) is 0 Å². The summed E-state index contributed by atoms with van der Waals surface area (Å²) in [6.07, 6.45) is 2.03. The molecule has 9 heteroatoms. The third-order valence-electron chi connectivity index (χ3n) is 7.08. The first-order valence-electron chi connectivity index (χ1n) is 12.3. The summed E-state index contributed by atoms with van der Waals surface area (Å²) in [4.78, 5) is 26.6. The molecule has 1 aromatic heterocycles. The number of hydrogen-bond acceptors (Lipinski definition) is 6. The Labute approximate surface area is 241 Å². The second kappa shape index (κ2) is 11.9. The fraction of sp³-hybridized carbons (Fsp3) is 0.444. The molecular formula is C27H34I2N6O. The van der Waals surface area contributed by atoms with E-state index in [0.717, 1.165) is 68.7 Å². The maximum absolute atomic E-state index is 12.5. The molecule has 0 saturated carbocycles. The van der Waals surface area contributed by atoms with Crippen LogP contribution in [-0.2, 0) is 19.2 Å². The van der Waals surface area contributed by atoms with Crippen molar-refractivity contribution in [2.24, 2.45) is 0 Å². The van der Waals surface area contributed by atoms with Crippen LogP contribution in [-0.4, -0.2) is 58.9 Å². The van der Waals surface area contributed by atoms with Crippen molar-refractivity contribution in [2.75, 3.05) is 43.9 Å². The second-order valence-corrected chi connectivity index (χ2v) is 11.3. The van der Waals surface area contributed by atoms with Gasteiger partial charge < -0.3 is 15.5 Å². The third-order valence-corrected chi connectivity index (χ3v) is 8.72. The molecule has 36 heavy (non-hydrogen) atoms. The highest BCUT2D eigenvalue weighted by Gasteiger charge is 2.33. The molecule has 3 aromatic rings. The van der Waals surface area contributed by atoms with Crippen LogP contribution < -0.4 is 10.6 Å². The van der Waals surface area contributed by atoms with Crippen LogP contribution in [0.1, 0.15) is 43.9 Å². The van der Waals surface area contributed by atoms with E-state index in [4.69, 9.17) is 0 Å². The number of carbonyl (C=O) groups excluding carboxylic acids is 1. The molecule has 2 aromatic carbocycles. The van der Waals surface area contributed by atoms with E-state index >= 15 is 0 Å². The summed E-state index contributed by atoms with van der Waals surface area (Å²) in [5, 5.41) is 7.56. The van der Waals surface area contributed by atoms with Crippen LogP contribution in [0.4, 0.5) is 17.2 Å². The van der Waals surface area contributed by atoms with E-state index in [9.17, 15) is 4.79 Å². The number of nitrogens with zero attached hydrogens (tertiary/aromatic N) is 4. The summed E-state index contributed by atoms with van der Waals surface area (Å²) < 4.78 is 1.94. The Morgan fingerprint density at radius 1 is 1.03 bits per heavy atom. The number of halogens is 2. The Morgan fingerprint density at radius 2 is 1.75 bits per heavy atom. The number of alkyl halides is 2. The number of carbonyl (C=O) groups is 1. The molecule has 1 saturated heterocycles. The van der Waals surface area contributed by atoms with Crippen molar-refractivity contribution in [3.8, 4) is 0 Å². The molecule has 1 fully saturated rings. The highest BCUT2D eigenvalue weighted by atomic mass is 127. The molecule has 1 amide bonds. The summed E-state index contributed by atoms with van der Waals surface area (Å²) in [7, 11) is 2.16. The van der Waals surface area contributed by atoms with Gasteiger partial charge in [0.25, 0.3) is 0 Å². The van der Waals surface area contributed by atoms with Crippen LogP contribution >= 0.6 is 45.2 Å². The zero-order chi connectivity index (χ0) is 25.9. The van der Waals surface area contributed by atoms with Gasteiger partial charge in [0, 0.05) is 63.8 Å². The van der Waals surface area contributed by atoms with Crippen molar-refractivity contribution in [1.82, 2.24) is 19.8 Å². The molecule has 192 valence electrons. The minimum Gasteiger partial charge on any atom is -0.340 e. The van der Waals surface area contributed by atoms with E-state index in [0.29, 0.717) is 6.42 Å². The van der Waals surface area contributed by atoms with E-state index in [2.05, 4.69) is 121 Å². The molecule has 7 nitrogen and oxygen atoms in total. The summed E-state index contributed by atoms with van der Waals surface area (Å²) in [6, 6.07) is 10.6. The topological polar surface area (TPSA) is 73.4 Å². The second-order valence-electron chi connectivity index (χ2n) is 9.76. The Bertz CT molecular complexity index is 1240. The minimum atomic E-state index is -0.269. The summed E-state index contributed by atoms with van der Waals surface area (Å²) in [5.41, 5.74) is 6.15. The highest BCUT2D eigenvalue weighted by molar-refractivity contribution is 14.1. The van der Waals surface area contributed by atoms with Crippen LogP contribution in [0.5, 0.6) is 0 Å². The number of piperazine rings is 1. The summed E-state index contributed by atoms with van der Waals surface area (Å²) in [5.74, 6) is 0.731. The number of likely N-dealkylation sites (N-methyl/N-ethyl adjacent to an activating group) is 1. The van der Waals surface area contributed by atoms with Gasteiger partial charge >= 0.3 is 0 Å². The van der Waals surface area contributed by atoms with Gasteiger partial charge in [-0.25, -0.2) is 9.97 Å². The number of nitrogens with one attached hydrogen (secondary N) is 2. The highest BCUT2D eigenvalue weighted by Crippen LogP contribution is 2.38. The number of anilines is 3. The van der Waals surface area contributed by atoms with Crippen LogP contribution in [0.2, 0.25) is 0 Å². The Hall–Kier alpha value is -1.57. The maximum atomic E-state index is 12.5. The first-order valence-corrected chi connectivity index (χ1v) is 15.3. The Morgan fingerprint density at radius 3 is 2.42 bits per heavy atom. The van der Waals surface area contributed by atoms with E-state index in [1.165, 1.54) is 11.1 Å². The third kappa shape index (κ3) is 5.94. The van der Waals surface area contributed by atoms with E-state index in [-0.39, 0.29) is 11.4 Å². The molecule has 2 heterocycles. The molecule has 4 rings (SSSR count). The smallest absolute Gasteiger partial charge is 0.224 e. The number of hydrogen-bond donors (Lipinski definition) is 2. The lowest BCUT2D eigenvalue weighted by Crippen LogP contribution is -2.52. The van der Waals surface area contributed by atoms with Crippen molar-refractivity contribution in [1.29, 1.82) is 0 Å². The standard InChI is InChI=1S/C27H34I2N6O/c1-5-25(36)33-24-13-21-23(14-22(24)27(2,3)35-10-8-34(4)9-11-35)30-17-31-26(21)32-20-7-6-18(15-28)19(12-20)16-29/h6-7,12-14,17H,5,8-11,15-16H2,1-4H3,(H,33,36)(H,30,31,32). The zero-order valence-electron chi connectivity index (χ0n) is 21.4. The van der Waals surface area contributed by atoms with Crippen LogP contribution in [0.15, 0.2) is 36.7 Å². The number of aromatic nitrogens is 2. The molecule has 0 bridgehead atoms. The summed E-state index contributed by atoms with van der Waals surface area (Å²) in [6.45, 7) is 10.4. The molecule has 0 aliphatic carbocycles. The number of fused-ring (bicyclic) bond motifs is 1. The van der Waals surface area contributed by atoms with Gasteiger partial charge in [0.05, 0.1) is 5.52 Å². The van der Waals surface area contributed by atoms with E-state index in [1.54, 1.807) is 6.33 Å². The SMILES string of the molecule is CCC(=O)Nc1cc2c(Nc3ccc(CI)c(CI)c3)ncnc2cc1C(C)(C)N1CCN(C)CC1. The molecule has 1 aliphatic heterocycles. The van der Waals surface area contributed by atoms with Crippen LogP contribution in [0, 0.1) is 0 Å². The van der Waals surface area contributed by atoms with Crippen LogP contribution in [0.3, 0.4) is 0 Å². The van der Waals surface area contributed by atoms with Crippen molar-refractivity contribution >= 4 is 79.2 Å². The fourth-order valence-electron chi connectivity index (χ4n) is 4.68. The molecule has 1 aliphatic rings. The van der Waals surface area contributed by atoms with Gasteiger partial charge in [0.15, 0.2) is 0 Å². The van der Waals surface area contributed by atoms with Crippen molar-refractivity contribution in [2.45, 2.75) is 41.6 Å². The normalized spacial score (nSPS) is 15.3. The number of amides is 1. The quantitative estimate of drug-likeness (QED) is 0.218. The zero-order valence-corrected chi connectivity index (χ0v) is 25.7. The maximum Gasteiger partial charge on any atom is 0.224 e. The average molecular weight is 712 g/mol. The Balaban J connectivity index is 1.78. The summed E-state index contributed by atoms with van der Waals surface area (Å²) >= 11 is 4.82. The molecule has 2 N–H and O–H groups in total. The molecule has 0 atom stereocenters. The molecule has 0 spiro atoms. The van der Waals surface area contributed by atoms with E-state index < -0.39 is 0 Å². The number of benzene rings is 2. The monoisotopic (exact) mass is 712 g/mol. The lowest BCUT2D eigenvalue weighted by molar-refractivity contribution is -0.115. The first kappa shape index (κ1) is 27.5. The molecule has 0 radical (unpaired) electrons. The molecular weight excluding hydrogens is 678 g/mol. The predicted octanol–water partition coefficient (Wildman–Crippen LogP) is 6.07. The lowest BCUT2D eigenvalue weighted by atomic mass is 9.88. The van der Waals surface area contributed by atoms with Crippen molar-refractivity contribution in [3.05, 3.63) is 53.3 Å². The lowest BCUT2D eigenvalue weighted by Gasteiger charge is -2.44. The van der Waals surface area contributed by atoms with Gasteiger partial charge in [0.1, 0.15) is 12.1 Å². The van der Waals surface area contributed by atoms with Gasteiger partial charge in [-0.15, -0.1) is 0 Å². The van der Waals surface area contributed by atoms with Gasteiger partial charge in [0.2, 0.25) is 5.91 Å². The van der Waals surface area contributed by atoms with Gasteiger partial charge in [-0.1, -0.05) is 58.2 Å². The minimum absolute atomic E-state index is 0.00258. The van der Waals surface area contributed by atoms with Gasteiger partial charge in [-0.05, 0) is 61.9 Å². The average Bonchev–Trinajstić information content (AvgIpc) is 2.88. The first-order chi connectivity index (χ1) is 17.3. The predicted molar refractivity (Wildman–Crippen MR) is 166 cm³/mol. The largest absolute Gasteiger partial charge is 0.340 e. The van der Waals surface area contributed by atoms with Crippen LogP contribution in [0.25, 0.3) is 10.9 Å². The van der Waals surface area contributed by atoms with E-state index in [1.807, 2.05) is 13.0 Å². The van der Waals surface area contributed by atoms with Crippen molar-refractivity contribution < 1.29 is 4.79 Å².